The molecule has 0 fully saturated rings. The van der Waals surface area contributed by atoms with Crippen LogP contribution in [0.2, 0.25) is 0 Å². The van der Waals surface area contributed by atoms with Gasteiger partial charge in [0.15, 0.2) is 5.88 Å². The minimum atomic E-state index is -0.375. The van der Waals surface area contributed by atoms with Crippen LogP contribution in [-0.2, 0) is 6.54 Å². The predicted octanol–water partition coefficient (Wildman–Crippen LogP) is 4.61. The fourth-order valence-corrected chi connectivity index (χ4v) is 3.62. The number of hydrogen-bond donors (Lipinski definition) is 3. The maximum atomic E-state index is 13.7. The van der Waals surface area contributed by atoms with Crippen molar-refractivity contribution in [1.29, 1.82) is 0 Å². The van der Waals surface area contributed by atoms with Crippen molar-refractivity contribution in [3.63, 3.8) is 0 Å². The van der Waals surface area contributed by atoms with E-state index in [9.17, 15) is 9.50 Å². The van der Waals surface area contributed by atoms with Crippen LogP contribution in [0.25, 0.3) is 10.9 Å². The summed E-state index contributed by atoms with van der Waals surface area (Å²) in [5.41, 5.74) is 4.34. The van der Waals surface area contributed by atoms with Crippen LogP contribution in [0.4, 0.5) is 10.1 Å². The Kier molecular flexibility index (Phi) is 6.11. The molecule has 0 aliphatic carbocycles. The number of hydrogen-bond acceptors (Lipinski definition) is 4. The Balaban J connectivity index is 1.77. The molecule has 0 bridgehead atoms. The molecule has 0 aliphatic rings. The van der Waals surface area contributed by atoms with E-state index in [0.29, 0.717) is 28.7 Å². The van der Waals surface area contributed by atoms with Crippen LogP contribution in [0, 0.1) is 5.82 Å². The SMILES string of the molecule is CN(CCO)Cc1ccc(N=C(c2ccccc2)c2c(O)[nH]c3cc(F)ccc23)cc1. The third-order valence-corrected chi connectivity index (χ3v) is 5.14. The van der Waals surface area contributed by atoms with Gasteiger partial charge in [0, 0.05) is 24.0 Å². The molecule has 0 unspecified atom stereocenters. The molecule has 4 aromatic rings. The molecule has 0 amide bonds. The number of aromatic nitrogens is 1. The number of halogens is 1. The number of aliphatic hydroxyl groups is 1. The van der Waals surface area contributed by atoms with Gasteiger partial charge in [-0.05, 0) is 42.9 Å². The molecule has 4 rings (SSSR count). The molecule has 6 heteroatoms. The Bertz CT molecular complexity index is 1200. The number of likely N-dealkylation sites (N-methyl/N-ethyl adjacent to an activating group) is 1. The van der Waals surface area contributed by atoms with Gasteiger partial charge in [0.05, 0.1) is 29.1 Å². The van der Waals surface area contributed by atoms with Crippen molar-refractivity contribution in [3.8, 4) is 5.88 Å². The first-order valence-electron chi connectivity index (χ1n) is 10.1. The summed E-state index contributed by atoms with van der Waals surface area (Å²) in [6.07, 6.45) is 0. The van der Waals surface area contributed by atoms with E-state index in [0.717, 1.165) is 23.4 Å². The molecule has 5 nitrogen and oxygen atoms in total. The van der Waals surface area contributed by atoms with Gasteiger partial charge in [-0.25, -0.2) is 9.38 Å². The zero-order valence-corrected chi connectivity index (χ0v) is 17.2. The van der Waals surface area contributed by atoms with Crippen molar-refractivity contribution < 1.29 is 14.6 Å². The maximum Gasteiger partial charge on any atom is 0.199 e. The van der Waals surface area contributed by atoms with Gasteiger partial charge in [-0.15, -0.1) is 0 Å². The summed E-state index contributed by atoms with van der Waals surface area (Å²) in [5.74, 6) is -0.425. The number of aromatic hydroxyl groups is 1. The Morgan fingerprint density at radius 2 is 1.77 bits per heavy atom. The van der Waals surface area contributed by atoms with Crippen LogP contribution in [-0.4, -0.2) is 46.0 Å². The molecule has 0 saturated heterocycles. The monoisotopic (exact) mass is 417 g/mol. The summed E-state index contributed by atoms with van der Waals surface area (Å²) in [5, 5.41) is 20.4. The van der Waals surface area contributed by atoms with Crippen molar-refractivity contribution in [2.75, 3.05) is 20.2 Å². The van der Waals surface area contributed by atoms with Crippen molar-refractivity contribution in [2.24, 2.45) is 4.99 Å². The molecule has 3 aromatic carbocycles. The lowest BCUT2D eigenvalue weighted by molar-refractivity contribution is 0.217. The van der Waals surface area contributed by atoms with Crippen molar-refractivity contribution in [2.45, 2.75) is 6.54 Å². The van der Waals surface area contributed by atoms with E-state index in [1.807, 2.05) is 66.5 Å². The molecule has 0 atom stereocenters. The second-order valence-corrected chi connectivity index (χ2v) is 7.49. The van der Waals surface area contributed by atoms with Crippen molar-refractivity contribution in [3.05, 3.63) is 95.3 Å². The van der Waals surface area contributed by atoms with Gasteiger partial charge in [0.2, 0.25) is 0 Å². The summed E-state index contributed by atoms with van der Waals surface area (Å²) in [4.78, 5) is 9.74. The smallest absolute Gasteiger partial charge is 0.199 e. The zero-order valence-electron chi connectivity index (χ0n) is 17.2. The number of aromatic amines is 1. The Labute approximate surface area is 180 Å². The van der Waals surface area contributed by atoms with Gasteiger partial charge in [0.1, 0.15) is 5.82 Å². The Hall–Kier alpha value is -3.48. The largest absolute Gasteiger partial charge is 0.494 e. The fraction of sp³-hybridized carbons (Fsp3) is 0.160. The van der Waals surface area contributed by atoms with Crippen molar-refractivity contribution in [1.82, 2.24) is 9.88 Å². The first-order chi connectivity index (χ1) is 15.0. The number of fused-ring (bicyclic) bond motifs is 1. The number of rotatable bonds is 7. The van der Waals surface area contributed by atoms with Crippen LogP contribution in [0.1, 0.15) is 16.7 Å². The fourth-order valence-electron chi connectivity index (χ4n) is 3.62. The van der Waals surface area contributed by atoms with E-state index in [2.05, 4.69) is 4.98 Å². The minimum absolute atomic E-state index is 0.0505. The first-order valence-corrected chi connectivity index (χ1v) is 10.1. The lowest BCUT2D eigenvalue weighted by Crippen LogP contribution is -2.21. The van der Waals surface area contributed by atoms with Gasteiger partial charge < -0.3 is 15.2 Å². The van der Waals surface area contributed by atoms with E-state index in [1.54, 1.807) is 6.07 Å². The summed E-state index contributed by atoms with van der Waals surface area (Å²) in [7, 11) is 1.96. The third kappa shape index (κ3) is 4.66. The molecular weight excluding hydrogens is 393 g/mol. The van der Waals surface area contributed by atoms with Gasteiger partial charge in [-0.1, -0.05) is 42.5 Å². The van der Waals surface area contributed by atoms with E-state index in [1.165, 1.54) is 12.1 Å². The molecule has 1 heterocycles. The molecule has 3 N–H and O–H groups in total. The summed E-state index contributed by atoms with van der Waals surface area (Å²) < 4.78 is 13.7. The summed E-state index contributed by atoms with van der Waals surface area (Å²) in [6.45, 7) is 1.46. The average Bonchev–Trinajstić information content (AvgIpc) is 3.08. The zero-order chi connectivity index (χ0) is 21.8. The number of aliphatic hydroxyl groups excluding tert-OH is 1. The van der Waals surface area contributed by atoms with Crippen LogP contribution in [0.5, 0.6) is 5.88 Å². The number of aliphatic imine (C=N–C) groups is 1. The van der Waals surface area contributed by atoms with E-state index >= 15 is 0 Å². The standard InChI is InChI=1S/C25H24FN3O2/c1-29(13-14-30)16-17-7-10-20(11-8-17)27-24(18-5-3-2-4-6-18)23-21-12-9-19(26)15-22(21)28-25(23)31/h2-12,15,28,30-31H,13-14,16H2,1H3. The highest BCUT2D eigenvalue weighted by atomic mass is 19.1. The Morgan fingerprint density at radius 1 is 1.03 bits per heavy atom. The van der Waals surface area contributed by atoms with E-state index < -0.39 is 0 Å². The lowest BCUT2D eigenvalue weighted by Gasteiger charge is -2.15. The second-order valence-electron chi connectivity index (χ2n) is 7.49. The maximum absolute atomic E-state index is 13.7. The second kappa shape index (κ2) is 9.12. The number of H-pyrrole nitrogens is 1. The molecule has 0 radical (unpaired) electrons. The first kappa shape index (κ1) is 20.8. The van der Waals surface area contributed by atoms with Crippen LogP contribution >= 0.6 is 0 Å². The molecule has 158 valence electrons. The lowest BCUT2D eigenvalue weighted by atomic mass is 10.0. The molecule has 0 saturated carbocycles. The Morgan fingerprint density at radius 3 is 2.48 bits per heavy atom. The average molecular weight is 417 g/mol. The molecule has 0 spiro atoms. The number of nitrogens with zero attached hydrogens (tertiary/aromatic N) is 2. The number of nitrogens with one attached hydrogen (secondary N) is 1. The molecule has 1 aromatic heterocycles. The quantitative estimate of drug-likeness (QED) is 0.385. The third-order valence-electron chi connectivity index (χ3n) is 5.14. The van der Waals surface area contributed by atoms with Crippen molar-refractivity contribution >= 4 is 22.3 Å². The van der Waals surface area contributed by atoms with Gasteiger partial charge >= 0.3 is 0 Å². The van der Waals surface area contributed by atoms with Crippen LogP contribution in [0.3, 0.4) is 0 Å². The van der Waals surface area contributed by atoms with Crippen LogP contribution < -0.4 is 0 Å². The topological polar surface area (TPSA) is 71.8 Å². The van der Waals surface area contributed by atoms with E-state index in [4.69, 9.17) is 10.1 Å². The highest BCUT2D eigenvalue weighted by molar-refractivity contribution is 6.21. The predicted molar refractivity (Wildman–Crippen MR) is 122 cm³/mol. The van der Waals surface area contributed by atoms with Gasteiger partial charge in [-0.2, -0.15) is 0 Å². The molecule has 31 heavy (non-hydrogen) atoms. The minimum Gasteiger partial charge on any atom is -0.494 e. The summed E-state index contributed by atoms with van der Waals surface area (Å²) >= 11 is 0. The molecular formula is C25H24FN3O2. The van der Waals surface area contributed by atoms with E-state index in [-0.39, 0.29) is 18.3 Å². The molecule has 0 aliphatic heterocycles. The highest BCUT2D eigenvalue weighted by Crippen LogP contribution is 2.32. The van der Waals surface area contributed by atoms with Gasteiger partial charge in [0.25, 0.3) is 0 Å². The normalized spacial score (nSPS) is 12.1. The highest BCUT2D eigenvalue weighted by Gasteiger charge is 2.19. The summed E-state index contributed by atoms with van der Waals surface area (Å²) in [6, 6.07) is 21.8. The van der Waals surface area contributed by atoms with Gasteiger partial charge in [-0.3, -0.25) is 4.90 Å². The number of benzene rings is 3. The van der Waals surface area contributed by atoms with Crippen LogP contribution in [0.15, 0.2) is 77.8 Å².